The van der Waals surface area contributed by atoms with Gasteiger partial charge in [0.1, 0.15) is 5.82 Å². The molecule has 4 nitrogen and oxygen atoms in total. The maximum absolute atomic E-state index is 13.2. The highest BCUT2D eigenvalue weighted by Crippen LogP contribution is 2.28. The Labute approximate surface area is 115 Å². The minimum atomic E-state index is -3.66. The van der Waals surface area contributed by atoms with Gasteiger partial charge < -0.3 is 5.73 Å². The molecule has 0 aliphatic heterocycles. The third kappa shape index (κ3) is 3.21. The Morgan fingerprint density at radius 1 is 1.44 bits per heavy atom. The molecule has 0 saturated heterocycles. The van der Waals surface area contributed by atoms with E-state index in [2.05, 4.69) is 15.9 Å². The number of benzene rings is 1. The van der Waals surface area contributed by atoms with E-state index in [1.54, 1.807) is 0 Å². The van der Waals surface area contributed by atoms with E-state index in [1.165, 1.54) is 11.4 Å². The Hall–Kier alpha value is -0.660. The summed E-state index contributed by atoms with van der Waals surface area (Å²) in [5.41, 5.74) is 5.22. The lowest BCUT2D eigenvalue weighted by Crippen LogP contribution is -2.30. The molecule has 0 aliphatic carbocycles. The summed E-state index contributed by atoms with van der Waals surface area (Å²) in [4.78, 5) is -0.0236. The Kier molecular flexibility index (Phi) is 4.74. The van der Waals surface area contributed by atoms with Crippen LogP contribution in [0.15, 0.2) is 21.5 Å². The highest BCUT2D eigenvalue weighted by atomic mass is 79.9. The van der Waals surface area contributed by atoms with Crippen LogP contribution in [0.25, 0.3) is 0 Å². The third-order valence-corrected chi connectivity index (χ3v) is 5.14. The fourth-order valence-corrected chi connectivity index (χ4v) is 3.86. The molecule has 0 amide bonds. The zero-order chi connectivity index (χ0) is 14.1. The summed E-state index contributed by atoms with van der Waals surface area (Å²) < 4.78 is 39.1. The molecule has 0 bridgehead atoms. The molecule has 0 aromatic heterocycles. The molecule has 0 radical (unpaired) electrons. The molecule has 18 heavy (non-hydrogen) atoms. The van der Waals surface area contributed by atoms with Gasteiger partial charge in [-0.3, -0.25) is 0 Å². The van der Waals surface area contributed by atoms with Crippen molar-refractivity contribution in [3.63, 3.8) is 0 Å². The summed E-state index contributed by atoms with van der Waals surface area (Å²) in [6.45, 7) is 4.21. The summed E-state index contributed by atoms with van der Waals surface area (Å²) in [6.07, 6.45) is 0. The van der Waals surface area contributed by atoms with Crippen LogP contribution in [0.5, 0.6) is 0 Å². The zero-order valence-electron chi connectivity index (χ0n) is 10.4. The molecule has 7 heteroatoms. The van der Waals surface area contributed by atoms with Crippen LogP contribution in [0, 0.1) is 11.7 Å². The molecular formula is C11H16BrFN2O2S. The standard InChI is InChI=1S/C11H16BrFN2O2S/c1-7(2)6-15(3)18(16,17)11-5-10(14)9(13)4-8(11)12/h4-5,7H,6,14H2,1-3H3. The molecular weight excluding hydrogens is 323 g/mol. The molecule has 0 fully saturated rings. The van der Waals surface area contributed by atoms with Crippen molar-refractivity contribution in [2.24, 2.45) is 5.92 Å². The van der Waals surface area contributed by atoms with Crippen molar-refractivity contribution in [3.8, 4) is 0 Å². The van der Waals surface area contributed by atoms with Crippen LogP contribution in [-0.4, -0.2) is 26.3 Å². The van der Waals surface area contributed by atoms with E-state index in [0.717, 1.165) is 12.1 Å². The minimum Gasteiger partial charge on any atom is -0.396 e. The van der Waals surface area contributed by atoms with E-state index < -0.39 is 15.8 Å². The third-order valence-electron chi connectivity index (χ3n) is 2.36. The van der Waals surface area contributed by atoms with Crippen molar-refractivity contribution in [2.45, 2.75) is 18.7 Å². The quantitative estimate of drug-likeness (QED) is 0.857. The summed E-state index contributed by atoms with van der Waals surface area (Å²) in [6, 6.07) is 2.19. The van der Waals surface area contributed by atoms with Gasteiger partial charge in [-0.1, -0.05) is 13.8 Å². The fourth-order valence-electron chi connectivity index (χ4n) is 1.52. The van der Waals surface area contributed by atoms with Crippen molar-refractivity contribution in [1.29, 1.82) is 0 Å². The summed E-state index contributed by atoms with van der Waals surface area (Å²) in [5.74, 6) is -0.450. The number of rotatable bonds is 4. The number of nitrogens with two attached hydrogens (primary N) is 1. The number of anilines is 1. The number of hydrogen-bond donors (Lipinski definition) is 1. The Balaban J connectivity index is 3.24. The van der Waals surface area contributed by atoms with Crippen LogP contribution in [-0.2, 0) is 10.0 Å². The van der Waals surface area contributed by atoms with E-state index in [9.17, 15) is 12.8 Å². The molecule has 2 N–H and O–H groups in total. The number of hydrogen-bond acceptors (Lipinski definition) is 3. The maximum Gasteiger partial charge on any atom is 0.244 e. The highest BCUT2D eigenvalue weighted by molar-refractivity contribution is 9.10. The van der Waals surface area contributed by atoms with Crippen LogP contribution >= 0.6 is 15.9 Å². The number of nitrogen functional groups attached to an aromatic ring is 1. The summed E-state index contributed by atoms with van der Waals surface area (Å²) in [5, 5.41) is 0. The fraction of sp³-hybridized carbons (Fsp3) is 0.455. The summed E-state index contributed by atoms with van der Waals surface area (Å²) >= 11 is 3.05. The predicted octanol–water partition coefficient (Wildman–Crippen LogP) is 2.45. The largest absolute Gasteiger partial charge is 0.396 e. The van der Waals surface area contributed by atoms with Gasteiger partial charge in [0.2, 0.25) is 10.0 Å². The van der Waals surface area contributed by atoms with Crippen LogP contribution in [0.1, 0.15) is 13.8 Å². The molecule has 0 heterocycles. The van der Waals surface area contributed by atoms with E-state index in [1.807, 2.05) is 13.8 Å². The minimum absolute atomic E-state index is 0.0236. The van der Waals surface area contributed by atoms with Gasteiger partial charge in [0, 0.05) is 18.1 Å². The molecule has 0 atom stereocenters. The second kappa shape index (κ2) is 5.54. The first-order valence-electron chi connectivity index (χ1n) is 5.37. The number of nitrogens with zero attached hydrogens (tertiary/aromatic N) is 1. The molecule has 0 spiro atoms. The molecule has 1 aromatic rings. The predicted molar refractivity (Wildman–Crippen MR) is 73.2 cm³/mol. The maximum atomic E-state index is 13.2. The molecule has 1 aromatic carbocycles. The van der Waals surface area contributed by atoms with Gasteiger partial charge in [0.05, 0.1) is 10.6 Å². The van der Waals surface area contributed by atoms with Crippen molar-refractivity contribution < 1.29 is 12.8 Å². The SMILES string of the molecule is CC(C)CN(C)S(=O)(=O)c1cc(N)c(F)cc1Br. The van der Waals surface area contributed by atoms with Gasteiger partial charge in [0.25, 0.3) is 0 Å². The van der Waals surface area contributed by atoms with Crippen molar-refractivity contribution in [2.75, 3.05) is 19.3 Å². The normalized spacial score (nSPS) is 12.4. The van der Waals surface area contributed by atoms with Crippen LogP contribution in [0.3, 0.4) is 0 Å². The van der Waals surface area contributed by atoms with Gasteiger partial charge in [-0.15, -0.1) is 0 Å². The van der Waals surface area contributed by atoms with Crippen LogP contribution in [0.2, 0.25) is 0 Å². The van der Waals surface area contributed by atoms with Gasteiger partial charge in [0.15, 0.2) is 0 Å². The lowest BCUT2D eigenvalue weighted by molar-refractivity contribution is 0.417. The first-order valence-corrected chi connectivity index (χ1v) is 7.60. The van der Waals surface area contributed by atoms with Crippen molar-refractivity contribution >= 4 is 31.6 Å². The van der Waals surface area contributed by atoms with Gasteiger partial charge in [-0.25, -0.2) is 17.1 Å². The average molecular weight is 339 g/mol. The second-order valence-corrected chi connectivity index (χ2v) is 7.35. The monoisotopic (exact) mass is 338 g/mol. The smallest absolute Gasteiger partial charge is 0.244 e. The second-order valence-electron chi connectivity index (χ2n) is 4.48. The Bertz CT molecular complexity index is 546. The van der Waals surface area contributed by atoms with Crippen molar-refractivity contribution in [3.05, 3.63) is 22.4 Å². The highest BCUT2D eigenvalue weighted by Gasteiger charge is 2.25. The van der Waals surface area contributed by atoms with Gasteiger partial charge >= 0.3 is 0 Å². The lowest BCUT2D eigenvalue weighted by atomic mass is 10.2. The molecule has 1 rings (SSSR count). The van der Waals surface area contributed by atoms with E-state index >= 15 is 0 Å². The summed E-state index contributed by atoms with van der Waals surface area (Å²) in [7, 11) is -2.18. The molecule has 0 aliphatic rings. The first kappa shape index (κ1) is 15.4. The topological polar surface area (TPSA) is 63.4 Å². The van der Waals surface area contributed by atoms with E-state index in [0.29, 0.717) is 6.54 Å². The zero-order valence-corrected chi connectivity index (χ0v) is 12.8. The first-order chi connectivity index (χ1) is 8.16. The van der Waals surface area contributed by atoms with E-state index in [-0.39, 0.29) is 21.0 Å². The Morgan fingerprint density at radius 3 is 2.50 bits per heavy atom. The molecule has 0 unspecified atom stereocenters. The van der Waals surface area contributed by atoms with E-state index in [4.69, 9.17) is 5.73 Å². The number of sulfonamides is 1. The molecule has 102 valence electrons. The van der Waals surface area contributed by atoms with Gasteiger partial charge in [-0.05, 0) is 34.0 Å². The number of halogens is 2. The van der Waals surface area contributed by atoms with Crippen LogP contribution < -0.4 is 5.73 Å². The van der Waals surface area contributed by atoms with Gasteiger partial charge in [-0.2, -0.15) is 0 Å². The van der Waals surface area contributed by atoms with Crippen LogP contribution in [0.4, 0.5) is 10.1 Å². The average Bonchev–Trinajstić information content (AvgIpc) is 2.22. The Morgan fingerprint density at radius 2 is 2.00 bits per heavy atom. The molecule has 0 saturated carbocycles. The van der Waals surface area contributed by atoms with Crippen molar-refractivity contribution in [1.82, 2.24) is 4.31 Å². The lowest BCUT2D eigenvalue weighted by Gasteiger charge is -2.20.